The Labute approximate surface area is 131 Å². The van der Waals surface area contributed by atoms with E-state index in [1.54, 1.807) is 0 Å². The first-order valence-corrected chi connectivity index (χ1v) is 4.00. The molecule has 0 bridgehead atoms. The van der Waals surface area contributed by atoms with Crippen molar-refractivity contribution in [1.29, 1.82) is 0 Å². The van der Waals surface area contributed by atoms with E-state index in [2.05, 4.69) is 6.92 Å². The number of rotatable bonds is 3. The molecule has 1 aromatic rings. The topological polar surface area (TPSA) is 9.23 Å². The Kier molecular flexibility index (Phi) is 15.3. The second-order valence-corrected chi connectivity index (χ2v) is 2.29. The molecule has 0 saturated carbocycles. The molecule has 0 saturated heterocycles. The molecule has 78 valence electrons. The Bertz CT molecular complexity index is 221. The largest absolute Gasteiger partial charge is 1.00 e. The Morgan fingerprint density at radius 2 is 1.60 bits per heavy atom. The van der Waals surface area contributed by atoms with E-state index in [4.69, 9.17) is 4.74 Å². The number of halogens is 3. The van der Waals surface area contributed by atoms with Crippen LogP contribution in [-0.4, -0.2) is 14.2 Å². The molecule has 0 atom stereocenters. The van der Waals surface area contributed by atoms with E-state index in [1.165, 1.54) is 5.56 Å². The van der Waals surface area contributed by atoms with Gasteiger partial charge in [0.1, 0.15) is 0 Å². The molecule has 0 aliphatic carbocycles. The van der Waals surface area contributed by atoms with Crippen LogP contribution in [0.2, 0.25) is 0 Å². The van der Waals surface area contributed by atoms with Gasteiger partial charge >= 0.3 is 58.9 Å². The van der Waals surface area contributed by atoms with Gasteiger partial charge in [0.15, 0.2) is 0 Å². The van der Waals surface area contributed by atoms with E-state index in [0.29, 0.717) is 13.2 Å². The van der Waals surface area contributed by atoms with Crippen molar-refractivity contribution in [2.45, 2.75) is 6.61 Å². The molecule has 1 aromatic carbocycles. The quantitative estimate of drug-likeness (QED) is 0.532. The molecule has 0 heterocycles. The van der Waals surface area contributed by atoms with Crippen molar-refractivity contribution in [1.82, 2.24) is 0 Å². The van der Waals surface area contributed by atoms with E-state index >= 15 is 0 Å². The number of hydrogen-bond donors (Lipinski definition) is 0. The monoisotopic (exact) mass is 242 g/mol. The maximum Gasteiger partial charge on any atom is 1.00 e. The summed E-state index contributed by atoms with van der Waals surface area (Å²) < 4.78 is 34.1. The zero-order valence-corrected chi connectivity index (χ0v) is 11.8. The second kappa shape index (κ2) is 12.7. The van der Waals surface area contributed by atoms with Gasteiger partial charge in [-0.3, -0.25) is 12.9 Å². The summed E-state index contributed by atoms with van der Waals surface area (Å²) >= 11 is 0. The average molecular weight is 242 g/mol. The molecule has 0 amide bonds. The number of benzene rings is 1. The van der Waals surface area contributed by atoms with E-state index in [1.807, 2.05) is 30.3 Å². The van der Waals surface area contributed by atoms with Crippen molar-refractivity contribution in [2.75, 3.05) is 6.61 Å². The van der Waals surface area contributed by atoms with Gasteiger partial charge in [-0.1, -0.05) is 36.9 Å². The van der Waals surface area contributed by atoms with Gasteiger partial charge in [0.25, 0.3) is 0 Å². The molecule has 1 rings (SSSR count). The maximum atomic E-state index is 9.67. The molecular formula is C9H11BF3KO. The van der Waals surface area contributed by atoms with Crippen molar-refractivity contribution in [2.24, 2.45) is 0 Å². The van der Waals surface area contributed by atoms with Crippen LogP contribution in [0.5, 0.6) is 0 Å². The van der Waals surface area contributed by atoms with Crippen LogP contribution in [0, 0.1) is 6.92 Å². The first-order chi connectivity index (χ1) is 6.66. The van der Waals surface area contributed by atoms with Gasteiger partial charge in [-0.15, -0.1) is 0 Å². The third kappa shape index (κ3) is 14.7. The molecule has 0 aliphatic rings. The SMILES string of the molecule is FB(F)F.[CH2-]COCc1ccccc1.[K+]. The number of ether oxygens (including phenoxy) is 1. The van der Waals surface area contributed by atoms with Crippen LogP contribution < -0.4 is 51.4 Å². The van der Waals surface area contributed by atoms with Gasteiger partial charge in [0.2, 0.25) is 0 Å². The normalized spacial score (nSPS) is 8.27. The summed E-state index contributed by atoms with van der Waals surface area (Å²) in [6, 6.07) is 10.1. The summed E-state index contributed by atoms with van der Waals surface area (Å²) in [5.41, 5.74) is 1.20. The summed E-state index contributed by atoms with van der Waals surface area (Å²) in [4.78, 5) is 0. The van der Waals surface area contributed by atoms with Crippen LogP contribution in [0.15, 0.2) is 30.3 Å². The van der Waals surface area contributed by atoms with Crippen molar-refractivity contribution in [3.05, 3.63) is 42.8 Å². The van der Waals surface area contributed by atoms with Crippen LogP contribution in [0.3, 0.4) is 0 Å². The first kappa shape index (κ1) is 18.0. The molecule has 1 nitrogen and oxygen atoms in total. The van der Waals surface area contributed by atoms with Gasteiger partial charge in [-0.2, -0.15) is 0 Å². The maximum absolute atomic E-state index is 9.67. The van der Waals surface area contributed by atoms with E-state index in [9.17, 15) is 12.9 Å². The van der Waals surface area contributed by atoms with Crippen LogP contribution in [0.4, 0.5) is 12.9 Å². The summed E-state index contributed by atoms with van der Waals surface area (Å²) in [5.74, 6) is 0. The second-order valence-electron chi connectivity index (χ2n) is 2.29. The molecule has 0 N–H and O–H groups in total. The molecule has 0 fully saturated rings. The summed E-state index contributed by atoms with van der Waals surface area (Å²) in [7, 11) is -3.67. The van der Waals surface area contributed by atoms with E-state index in [0.717, 1.165) is 0 Å². The summed E-state index contributed by atoms with van der Waals surface area (Å²) in [6.07, 6.45) is 0. The van der Waals surface area contributed by atoms with Crippen LogP contribution in [0.25, 0.3) is 0 Å². The fourth-order valence-corrected chi connectivity index (χ4v) is 0.764. The van der Waals surface area contributed by atoms with Crippen LogP contribution in [0.1, 0.15) is 5.56 Å². The Morgan fingerprint density at radius 3 is 2.00 bits per heavy atom. The molecule has 0 radical (unpaired) electrons. The Balaban J connectivity index is 0. The Morgan fingerprint density at radius 1 is 1.13 bits per heavy atom. The third-order valence-corrected chi connectivity index (χ3v) is 1.26. The average Bonchev–Trinajstić information content (AvgIpc) is 2.15. The predicted octanol–water partition coefficient (Wildman–Crippen LogP) is -0.0789. The zero-order valence-electron chi connectivity index (χ0n) is 8.63. The molecule has 0 aliphatic heterocycles. The van der Waals surface area contributed by atoms with Crippen LogP contribution in [-0.2, 0) is 11.3 Å². The molecule has 15 heavy (non-hydrogen) atoms. The first-order valence-electron chi connectivity index (χ1n) is 4.00. The van der Waals surface area contributed by atoms with Crippen LogP contribution >= 0.6 is 0 Å². The van der Waals surface area contributed by atoms with E-state index in [-0.39, 0.29) is 51.4 Å². The third-order valence-electron chi connectivity index (χ3n) is 1.26. The van der Waals surface area contributed by atoms with Gasteiger partial charge in [0, 0.05) is 0 Å². The standard InChI is InChI=1S/C9H11O.BF3.K/c1-2-10-8-9-6-4-3-5-7-9;2-1(3)4;/h3-7H,1-2,8H2;;/q-1;;+1. The van der Waals surface area contributed by atoms with Gasteiger partial charge in [-0.05, 0) is 5.56 Å². The molecule has 0 unspecified atom stereocenters. The summed E-state index contributed by atoms with van der Waals surface area (Å²) in [6.45, 7) is 4.79. The molecule has 0 spiro atoms. The zero-order chi connectivity index (χ0) is 10.8. The van der Waals surface area contributed by atoms with Gasteiger partial charge in [-0.25, -0.2) is 0 Å². The van der Waals surface area contributed by atoms with Crippen molar-refractivity contribution < 1.29 is 69.1 Å². The summed E-state index contributed by atoms with van der Waals surface area (Å²) in [5, 5.41) is 0. The molecule has 6 heteroatoms. The number of hydrogen-bond acceptors (Lipinski definition) is 1. The van der Waals surface area contributed by atoms with E-state index < -0.39 is 7.54 Å². The minimum absolute atomic E-state index is 0. The minimum Gasteiger partial charge on any atom is -0.409 e. The van der Waals surface area contributed by atoms with Gasteiger partial charge in [0.05, 0.1) is 6.61 Å². The molecular weight excluding hydrogens is 231 g/mol. The fourth-order valence-electron chi connectivity index (χ4n) is 0.764. The van der Waals surface area contributed by atoms with Crippen molar-refractivity contribution >= 4 is 7.54 Å². The predicted molar refractivity (Wildman–Crippen MR) is 50.5 cm³/mol. The van der Waals surface area contributed by atoms with Crippen molar-refractivity contribution in [3.63, 3.8) is 0 Å². The fraction of sp³-hybridized carbons (Fsp3) is 0.222. The Hall–Kier alpha value is 0.671. The van der Waals surface area contributed by atoms with Crippen molar-refractivity contribution in [3.8, 4) is 0 Å². The minimum atomic E-state index is -3.67. The smallest absolute Gasteiger partial charge is 0.409 e. The van der Waals surface area contributed by atoms with Gasteiger partial charge < -0.3 is 11.7 Å². The molecule has 0 aromatic heterocycles.